The first-order valence-corrected chi connectivity index (χ1v) is 4.85. The fourth-order valence-corrected chi connectivity index (χ4v) is 1.61. The van der Waals surface area contributed by atoms with E-state index < -0.39 is 0 Å². The van der Waals surface area contributed by atoms with Crippen molar-refractivity contribution < 1.29 is 10.2 Å². The summed E-state index contributed by atoms with van der Waals surface area (Å²) in [7, 11) is 0. The van der Waals surface area contributed by atoms with E-state index in [0.717, 1.165) is 0 Å². The summed E-state index contributed by atoms with van der Waals surface area (Å²) in [6, 6.07) is 4.02. The maximum Gasteiger partial charge on any atom is 0.266 e. The van der Waals surface area contributed by atoms with Crippen LogP contribution >= 0.6 is 0 Å². The number of phenolic OH excluding ortho intramolecular Hbond substituents is 2. The van der Waals surface area contributed by atoms with Crippen molar-refractivity contribution in [3.05, 3.63) is 23.8 Å². The van der Waals surface area contributed by atoms with E-state index in [-0.39, 0.29) is 17.5 Å². The summed E-state index contributed by atoms with van der Waals surface area (Å²) in [6.07, 6.45) is 1.56. The van der Waals surface area contributed by atoms with E-state index in [4.69, 9.17) is 0 Å². The standard InChI is InChI=1S/C9H8N6O2/c16-5-1-2-6(8(17)3-5)7-4-10-15-9(11-7)12-13-14-15/h1-4,7,16-17H,(H,11,12,14). The van der Waals surface area contributed by atoms with E-state index in [0.29, 0.717) is 11.5 Å². The van der Waals surface area contributed by atoms with Crippen LogP contribution < -0.4 is 5.32 Å². The Bertz CT molecular complexity index is 593. The van der Waals surface area contributed by atoms with Crippen LogP contribution in [0.1, 0.15) is 11.6 Å². The lowest BCUT2D eigenvalue weighted by atomic mass is 10.1. The van der Waals surface area contributed by atoms with Gasteiger partial charge in [0.05, 0.1) is 12.3 Å². The van der Waals surface area contributed by atoms with Crippen molar-refractivity contribution in [2.45, 2.75) is 6.04 Å². The Balaban J connectivity index is 1.97. The van der Waals surface area contributed by atoms with Crippen molar-refractivity contribution in [1.82, 2.24) is 20.3 Å². The molecule has 8 nitrogen and oxygen atoms in total. The van der Waals surface area contributed by atoms with Gasteiger partial charge in [-0.25, -0.2) is 0 Å². The van der Waals surface area contributed by atoms with E-state index in [1.807, 2.05) is 0 Å². The largest absolute Gasteiger partial charge is 0.508 e. The number of hydrogen-bond acceptors (Lipinski definition) is 7. The quantitative estimate of drug-likeness (QED) is 0.642. The highest BCUT2D eigenvalue weighted by Gasteiger charge is 2.20. The molecule has 1 aliphatic rings. The van der Waals surface area contributed by atoms with Crippen LogP contribution in [0.5, 0.6) is 11.5 Å². The third-order valence-corrected chi connectivity index (χ3v) is 2.41. The van der Waals surface area contributed by atoms with Gasteiger partial charge in [0.15, 0.2) is 0 Å². The molecular formula is C9H8N6O2. The molecule has 3 rings (SSSR count). The first-order valence-electron chi connectivity index (χ1n) is 4.85. The van der Waals surface area contributed by atoms with Crippen LogP contribution in [0.4, 0.5) is 5.95 Å². The van der Waals surface area contributed by atoms with E-state index in [1.165, 1.54) is 16.9 Å². The fraction of sp³-hybridized carbons (Fsp3) is 0.111. The van der Waals surface area contributed by atoms with Crippen molar-refractivity contribution in [3.8, 4) is 11.5 Å². The molecule has 1 atom stereocenters. The highest BCUT2D eigenvalue weighted by atomic mass is 16.3. The van der Waals surface area contributed by atoms with Crippen LogP contribution in [0.25, 0.3) is 0 Å². The molecule has 0 aliphatic carbocycles. The molecule has 0 radical (unpaired) electrons. The number of phenols is 2. The zero-order chi connectivity index (χ0) is 11.8. The van der Waals surface area contributed by atoms with Crippen molar-refractivity contribution >= 4 is 12.2 Å². The van der Waals surface area contributed by atoms with Gasteiger partial charge in [0.1, 0.15) is 11.5 Å². The summed E-state index contributed by atoms with van der Waals surface area (Å²) < 4.78 is 0. The van der Waals surface area contributed by atoms with Crippen molar-refractivity contribution in [2.24, 2.45) is 5.10 Å². The molecule has 1 aromatic heterocycles. The third kappa shape index (κ3) is 1.55. The Morgan fingerprint density at radius 3 is 3.00 bits per heavy atom. The lowest BCUT2D eigenvalue weighted by Gasteiger charge is -2.18. The number of aromatic nitrogens is 4. The first-order chi connectivity index (χ1) is 8.24. The lowest BCUT2D eigenvalue weighted by molar-refractivity contribution is 0.445. The summed E-state index contributed by atoms with van der Waals surface area (Å²) in [4.78, 5) is 1.24. The van der Waals surface area contributed by atoms with Gasteiger partial charge in [-0.1, -0.05) is 9.89 Å². The molecule has 2 heterocycles. The molecule has 86 valence electrons. The number of nitrogens with zero attached hydrogens (tertiary/aromatic N) is 5. The average molecular weight is 232 g/mol. The highest BCUT2D eigenvalue weighted by molar-refractivity contribution is 5.74. The molecule has 1 unspecified atom stereocenters. The minimum absolute atomic E-state index is 0.00355. The monoisotopic (exact) mass is 232 g/mol. The SMILES string of the molecule is Oc1ccc(C2C=Nn3nnnc3N2)c(O)c1. The van der Waals surface area contributed by atoms with Gasteiger partial charge in [0.25, 0.3) is 5.95 Å². The van der Waals surface area contributed by atoms with E-state index in [9.17, 15) is 10.2 Å². The Hall–Kier alpha value is -2.64. The molecule has 0 fully saturated rings. The molecule has 0 bridgehead atoms. The molecular weight excluding hydrogens is 224 g/mol. The Morgan fingerprint density at radius 2 is 2.18 bits per heavy atom. The smallest absolute Gasteiger partial charge is 0.266 e. The van der Waals surface area contributed by atoms with Crippen LogP contribution in [0, 0.1) is 0 Å². The molecule has 0 amide bonds. The molecule has 8 heteroatoms. The summed E-state index contributed by atoms with van der Waals surface area (Å²) in [5.74, 6) is 0.378. The first kappa shape index (κ1) is 9.58. The Labute approximate surface area is 95.2 Å². The van der Waals surface area contributed by atoms with Crippen LogP contribution in [-0.4, -0.2) is 36.7 Å². The van der Waals surface area contributed by atoms with Gasteiger partial charge in [0.2, 0.25) is 0 Å². The second kappa shape index (κ2) is 3.44. The molecule has 0 saturated heterocycles. The number of hydrogen-bond donors (Lipinski definition) is 3. The van der Waals surface area contributed by atoms with Gasteiger partial charge in [-0.05, 0) is 22.6 Å². The molecule has 17 heavy (non-hydrogen) atoms. The number of nitrogens with one attached hydrogen (secondary N) is 1. The van der Waals surface area contributed by atoms with Crippen LogP contribution in [0.15, 0.2) is 23.3 Å². The maximum absolute atomic E-state index is 9.72. The van der Waals surface area contributed by atoms with Crippen molar-refractivity contribution in [2.75, 3.05) is 5.32 Å². The van der Waals surface area contributed by atoms with Gasteiger partial charge in [-0.2, -0.15) is 5.10 Å². The van der Waals surface area contributed by atoms with Crippen LogP contribution in [-0.2, 0) is 0 Å². The Kier molecular flexibility index (Phi) is 1.94. The second-order valence-corrected chi connectivity index (χ2v) is 3.52. The Morgan fingerprint density at radius 1 is 1.29 bits per heavy atom. The van der Waals surface area contributed by atoms with Crippen molar-refractivity contribution in [1.29, 1.82) is 0 Å². The van der Waals surface area contributed by atoms with Gasteiger partial charge in [-0.15, -0.1) is 0 Å². The minimum atomic E-state index is -0.339. The molecule has 0 spiro atoms. The predicted molar refractivity (Wildman–Crippen MR) is 57.8 cm³/mol. The van der Waals surface area contributed by atoms with Gasteiger partial charge >= 0.3 is 0 Å². The lowest BCUT2D eigenvalue weighted by Crippen LogP contribution is -2.20. The third-order valence-electron chi connectivity index (χ3n) is 2.41. The summed E-state index contributed by atoms with van der Waals surface area (Å²) in [5, 5.41) is 36.7. The maximum atomic E-state index is 9.72. The number of benzene rings is 1. The number of aromatic hydroxyl groups is 2. The average Bonchev–Trinajstić information content (AvgIpc) is 2.75. The van der Waals surface area contributed by atoms with Crippen LogP contribution in [0.3, 0.4) is 0 Å². The molecule has 1 aromatic carbocycles. The predicted octanol–water partition coefficient (Wildman–Crippen LogP) is 0.0850. The molecule has 1 aliphatic heterocycles. The summed E-state index contributed by atoms with van der Waals surface area (Å²) >= 11 is 0. The highest BCUT2D eigenvalue weighted by Crippen LogP contribution is 2.29. The normalized spacial score (nSPS) is 17.5. The number of tetrazole rings is 1. The van der Waals surface area contributed by atoms with Crippen molar-refractivity contribution in [3.63, 3.8) is 0 Å². The zero-order valence-corrected chi connectivity index (χ0v) is 8.52. The van der Waals surface area contributed by atoms with E-state index >= 15 is 0 Å². The molecule has 2 aromatic rings. The summed E-state index contributed by atoms with van der Waals surface area (Å²) in [6.45, 7) is 0. The fourth-order valence-electron chi connectivity index (χ4n) is 1.61. The van der Waals surface area contributed by atoms with Gasteiger partial charge in [-0.3, -0.25) is 0 Å². The van der Waals surface area contributed by atoms with E-state index in [1.54, 1.807) is 12.3 Å². The minimum Gasteiger partial charge on any atom is -0.508 e. The second-order valence-electron chi connectivity index (χ2n) is 3.52. The molecule has 0 saturated carbocycles. The number of rotatable bonds is 1. The number of fused-ring (bicyclic) bond motifs is 1. The number of anilines is 1. The van der Waals surface area contributed by atoms with Crippen LogP contribution in [0.2, 0.25) is 0 Å². The topological polar surface area (TPSA) is 108 Å². The summed E-state index contributed by atoms with van der Waals surface area (Å²) in [5.41, 5.74) is 0.584. The molecule has 3 N–H and O–H groups in total. The van der Waals surface area contributed by atoms with Gasteiger partial charge < -0.3 is 15.5 Å². The van der Waals surface area contributed by atoms with Gasteiger partial charge in [0, 0.05) is 11.6 Å². The van der Waals surface area contributed by atoms with E-state index in [2.05, 4.69) is 25.9 Å². The zero-order valence-electron chi connectivity index (χ0n) is 8.52.